The quantitative estimate of drug-likeness (QED) is 0.796. The lowest BCUT2D eigenvalue weighted by Gasteiger charge is -2.12. The van der Waals surface area contributed by atoms with Gasteiger partial charge in [-0.1, -0.05) is 6.08 Å². The second kappa shape index (κ2) is 4.23. The molecule has 1 aromatic rings. The van der Waals surface area contributed by atoms with Gasteiger partial charge in [0.2, 0.25) is 0 Å². The van der Waals surface area contributed by atoms with Crippen molar-refractivity contribution in [3.63, 3.8) is 0 Å². The van der Waals surface area contributed by atoms with Gasteiger partial charge >= 0.3 is 5.97 Å². The first-order valence-corrected chi connectivity index (χ1v) is 4.74. The first-order valence-electron chi connectivity index (χ1n) is 4.74. The summed E-state index contributed by atoms with van der Waals surface area (Å²) in [5.74, 6) is -0.925. The van der Waals surface area contributed by atoms with Crippen molar-refractivity contribution in [1.29, 1.82) is 0 Å². The van der Waals surface area contributed by atoms with Crippen molar-refractivity contribution < 1.29 is 14.6 Å². The fourth-order valence-electron chi connectivity index (χ4n) is 1.50. The lowest BCUT2D eigenvalue weighted by atomic mass is 10.1. The second-order valence-corrected chi connectivity index (χ2v) is 3.29. The van der Waals surface area contributed by atoms with E-state index in [4.69, 9.17) is 9.84 Å². The summed E-state index contributed by atoms with van der Waals surface area (Å²) in [6, 6.07) is 3.09. The largest absolute Gasteiger partial charge is 0.478 e. The van der Waals surface area contributed by atoms with Gasteiger partial charge in [0.05, 0.1) is 24.5 Å². The molecule has 1 N–H and O–H groups in total. The summed E-state index contributed by atoms with van der Waals surface area (Å²) >= 11 is 0. The zero-order valence-electron chi connectivity index (χ0n) is 8.14. The van der Waals surface area contributed by atoms with Crippen LogP contribution in [0.15, 0.2) is 24.4 Å². The summed E-state index contributed by atoms with van der Waals surface area (Å²) < 4.78 is 5.18. The number of nitrogens with zero attached hydrogens (tertiary/aromatic N) is 1. The van der Waals surface area contributed by atoms with Crippen molar-refractivity contribution in [1.82, 2.24) is 4.98 Å². The Balaban J connectivity index is 2.31. The van der Waals surface area contributed by atoms with Gasteiger partial charge in [-0.3, -0.25) is 4.98 Å². The zero-order chi connectivity index (χ0) is 10.7. The predicted octanol–water partition coefficient (Wildman–Crippen LogP) is 1.58. The maximum absolute atomic E-state index is 10.8. The van der Waals surface area contributed by atoms with E-state index in [1.54, 1.807) is 6.07 Å². The van der Waals surface area contributed by atoms with E-state index in [9.17, 15) is 4.79 Å². The van der Waals surface area contributed by atoms with Crippen LogP contribution in [-0.4, -0.2) is 29.3 Å². The molecule has 0 unspecified atom stereocenters. The highest BCUT2D eigenvalue weighted by Gasteiger charge is 2.10. The molecule has 0 saturated carbocycles. The smallest absolute Gasteiger partial charge is 0.335 e. The zero-order valence-corrected chi connectivity index (χ0v) is 8.14. The van der Waals surface area contributed by atoms with Crippen molar-refractivity contribution in [3.05, 3.63) is 35.7 Å². The van der Waals surface area contributed by atoms with Crippen LogP contribution >= 0.6 is 0 Å². The Morgan fingerprint density at radius 1 is 1.53 bits per heavy atom. The molecule has 2 rings (SSSR count). The molecule has 1 aliphatic heterocycles. The minimum Gasteiger partial charge on any atom is -0.478 e. The minimum absolute atomic E-state index is 0.271. The Morgan fingerprint density at radius 3 is 3.07 bits per heavy atom. The third-order valence-corrected chi connectivity index (χ3v) is 2.30. The highest BCUT2D eigenvalue weighted by atomic mass is 16.5. The molecule has 0 atom stereocenters. The van der Waals surface area contributed by atoms with Crippen LogP contribution < -0.4 is 0 Å². The molecule has 0 spiro atoms. The van der Waals surface area contributed by atoms with Gasteiger partial charge in [-0.2, -0.15) is 0 Å². The third-order valence-electron chi connectivity index (χ3n) is 2.30. The molecule has 0 amide bonds. The summed E-state index contributed by atoms with van der Waals surface area (Å²) in [5, 5.41) is 8.84. The number of carbonyl (C=O) groups is 1. The third kappa shape index (κ3) is 2.22. The number of ether oxygens (including phenoxy) is 1. The van der Waals surface area contributed by atoms with Crippen LogP contribution in [-0.2, 0) is 4.74 Å². The Hall–Kier alpha value is -1.68. The van der Waals surface area contributed by atoms with Crippen LogP contribution in [0.5, 0.6) is 0 Å². The maximum Gasteiger partial charge on any atom is 0.335 e. The lowest BCUT2D eigenvalue weighted by Crippen LogP contribution is -2.06. The number of rotatable bonds is 2. The van der Waals surface area contributed by atoms with E-state index in [1.165, 1.54) is 12.3 Å². The van der Waals surface area contributed by atoms with Crippen LogP contribution in [0.2, 0.25) is 0 Å². The van der Waals surface area contributed by atoms with Crippen LogP contribution in [0.1, 0.15) is 22.5 Å². The molecule has 1 aliphatic rings. The van der Waals surface area contributed by atoms with Crippen LogP contribution in [0, 0.1) is 0 Å². The van der Waals surface area contributed by atoms with Gasteiger partial charge in [0.15, 0.2) is 0 Å². The van der Waals surface area contributed by atoms with Gasteiger partial charge in [0, 0.05) is 6.20 Å². The van der Waals surface area contributed by atoms with Gasteiger partial charge in [0.25, 0.3) is 0 Å². The van der Waals surface area contributed by atoms with Crippen molar-refractivity contribution in [2.45, 2.75) is 6.42 Å². The number of aromatic nitrogens is 1. The van der Waals surface area contributed by atoms with Gasteiger partial charge in [-0.05, 0) is 24.1 Å². The van der Waals surface area contributed by atoms with Crippen molar-refractivity contribution in [3.8, 4) is 0 Å². The molecule has 0 aromatic carbocycles. The van der Waals surface area contributed by atoms with Crippen LogP contribution in [0.4, 0.5) is 0 Å². The Labute approximate surface area is 87.2 Å². The number of carboxylic acid groups (broad SMARTS) is 1. The summed E-state index contributed by atoms with van der Waals surface area (Å²) in [6.07, 6.45) is 4.25. The van der Waals surface area contributed by atoms with Crippen LogP contribution in [0.3, 0.4) is 0 Å². The summed E-state index contributed by atoms with van der Waals surface area (Å²) in [7, 11) is 0. The number of pyridine rings is 1. The number of aromatic carboxylic acids is 1. The molecule has 2 heterocycles. The molecular weight excluding hydrogens is 194 g/mol. The molecule has 78 valence electrons. The Bertz CT molecular complexity index is 412. The molecule has 1 aromatic heterocycles. The summed E-state index contributed by atoms with van der Waals surface area (Å²) in [6.45, 7) is 1.25. The van der Waals surface area contributed by atoms with E-state index in [1.807, 2.05) is 6.08 Å². The highest BCUT2D eigenvalue weighted by molar-refractivity contribution is 5.88. The number of hydrogen-bond donors (Lipinski definition) is 1. The Kier molecular flexibility index (Phi) is 2.78. The summed E-state index contributed by atoms with van der Waals surface area (Å²) in [4.78, 5) is 14.9. The van der Waals surface area contributed by atoms with Crippen molar-refractivity contribution >= 4 is 11.5 Å². The molecular formula is C11H11NO3. The minimum atomic E-state index is -0.925. The predicted molar refractivity (Wildman–Crippen MR) is 54.6 cm³/mol. The van der Waals surface area contributed by atoms with E-state index >= 15 is 0 Å². The SMILES string of the molecule is O=C(O)c1ccnc(C2=CCOCC2)c1. The molecule has 4 heteroatoms. The lowest BCUT2D eigenvalue weighted by molar-refractivity contribution is 0.0696. The topological polar surface area (TPSA) is 59.4 Å². The fraction of sp³-hybridized carbons (Fsp3) is 0.273. The fourth-order valence-corrected chi connectivity index (χ4v) is 1.50. The molecule has 0 aliphatic carbocycles. The normalized spacial score (nSPS) is 15.9. The first-order chi connectivity index (χ1) is 7.27. The molecule has 0 saturated heterocycles. The number of carboxylic acids is 1. The van der Waals surface area contributed by atoms with E-state index in [0.29, 0.717) is 13.2 Å². The van der Waals surface area contributed by atoms with E-state index < -0.39 is 5.97 Å². The first kappa shape index (κ1) is 9.86. The molecule has 15 heavy (non-hydrogen) atoms. The average molecular weight is 205 g/mol. The standard InChI is InChI=1S/C11H11NO3/c13-11(14)9-1-4-12-10(7-9)8-2-5-15-6-3-8/h1-2,4,7H,3,5-6H2,(H,13,14). The van der Waals surface area contributed by atoms with E-state index in [-0.39, 0.29) is 5.56 Å². The molecule has 0 bridgehead atoms. The molecule has 4 nitrogen and oxygen atoms in total. The van der Waals surface area contributed by atoms with E-state index in [0.717, 1.165) is 17.7 Å². The average Bonchev–Trinajstić information content (AvgIpc) is 2.30. The van der Waals surface area contributed by atoms with Gasteiger partial charge in [0.1, 0.15) is 0 Å². The monoisotopic (exact) mass is 205 g/mol. The second-order valence-electron chi connectivity index (χ2n) is 3.29. The Morgan fingerprint density at radius 2 is 2.40 bits per heavy atom. The van der Waals surface area contributed by atoms with Crippen molar-refractivity contribution in [2.24, 2.45) is 0 Å². The van der Waals surface area contributed by atoms with Crippen molar-refractivity contribution in [2.75, 3.05) is 13.2 Å². The van der Waals surface area contributed by atoms with Crippen LogP contribution in [0.25, 0.3) is 5.57 Å². The highest BCUT2D eigenvalue weighted by Crippen LogP contribution is 2.19. The maximum atomic E-state index is 10.8. The van der Waals surface area contributed by atoms with Gasteiger partial charge < -0.3 is 9.84 Å². The molecule has 0 radical (unpaired) electrons. The number of hydrogen-bond acceptors (Lipinski definition) is 3. The van der Waals surface area contributed by atoms with Gasteiger partial charge in [-0.15, -0.1) is 0 Å². The van der Waals surface area contributed by atoms with Gasteiger partial charge in [-0.25, -0.2) is 4.79 Å². The van der Waals surface area contributed by atoms with E-state index in [2.05, 4.69) is 4.98 Å². The molecule has 0 fully saturated rings. The summed E-state index contributed by atoms with van der Waals surface area (Å²) in [5.41, 5.74) is 2.06.